The van der Waals surface area contributed by atoms with Crippen LogP contribution in [0.15, 0.2) is 53.0 Å². The zero-order chi connectivity index (χ0) is 12.3. The van der Waals surface area contributed by atoms with E-state index in [1.165, 1.54) is 12.1 Å². The van der Waals surface area contributed by atoms with Gasteiger partial charge in [-0.05, 0) is 24.3 Å². The fourth-order valence-electron chi connectivity index (χ4n) is 1.33. The normalized spacial score (nSPS) is 9.94. The molecule has 0 aliphatic heterocycles. The van der Waals surface area contributed by atoms with Crippen molar-refractivity contribution < 1.29 is 9.66 Å². The molecule has 0 N–H and O–H groups in total. The second kappa shape index (κ2) is 4.97. The number of nitro benzene ring substituents is 1. The molecule has 0 saturated heterocycles. The molecule has 0 bridgehead atoms. The first-order valence-corrected chi connectivity index (χ1v) is 5.62. The van der Waals surface area contributed by atoms with Crippen molar-refractivity contribution in [3.05, 3.63) is 63.1 Å². The van der Waals surface area contributed by atoms with Crippen LogP contribution in [-0.4, -0.2) is 4.92 Å². The third-order valence-electron chi connectivity index (χ3n) is 2.06. The van der Waals surface area contributed by atoms with Crippen LogP contribution in [0.4, 0.5) is 5.69 Å². The monoisotopic (exact) mass is 293 g/mol. The van der Waals surface area contributed by atoms with Crippen molar-refractivity contribution in [2.24, 2.45) is 0 Å². The minimum atomic E-state index is -0.451. The Labute approximate surface area is 106 Å². The summed E-state index contributed by atoms with van der Waals surface area (Å²) in [4.78, 5) is 10.2. The molecule has 0 amide bonds. The number of hydrogen-bond donors (Lipinski definition) is 0. The molecule has 17 heavy (non-hydrogen) atoms. The summed E-state index contributed by atoms with van der Waals surface area (Å²) in [6.07, 6.45) is 0. The highest BCUT2D eigenvalue weighted by atomic mass is 79.9. The summed E-state index contributed by atoms with van der Waals surface area (Å²) < 4.78 is 6.40. The lowest BCUT2D eigenvalue weighted by molar-refractivity contribution is -0.384. The first-order valence-electron chi connectivity index (χ1n) is 4.83. The Balaban J connectivity index is 2.24. The standard InChI is InChI=1S/C12H8BrNO3/c13-9-3-1-5-11(7-9)17-12-6-2-4-10(8-12)14(15)16/h1-8H. The molecule has 5 heteroatoms. The largest absolute Gasteiger partial charge is 0.457 e. The molecule has 86 valence electrons. The van der Waals surface area contributed by atoms with Gasteiger partial charge in [0.05, 0.1) is 11.0 Å². The second-order valence-corrected chi connectivity index (χ2v) is 4.23. The average molecular weight is 294 g/mol. The summed E-state index contributed by atoms with van der Waals surface area (Å²) >= 11 is 3.32. The predicted molar refractivity (Wildman–Crippen MR) is 67.3 cm³/mol. The number of ether oxygens (including phenoxy) is 1. The van der Waals surface area contributed by atoms with Crippen LogP contribution in [0.3, 0.4) is 0 Å². The number of rotatable bonds is 3. The van der Waals surface area contributed by atoms with E-state index in [0.29, 0.717) is 11.5 Å². The first-order chi connectivity index (χ1) is 8.15. The Morgan fingerprint density at radius 2 is 1.71 bits per heavy atom. The molecule has 2 rings (SSSR count). The summed E-state index contributed by atoms with van der Waals surface area (Å²) in [5, 5.41) is 10.6. The lowest BCUT2D eigenvalue weighted by atomic mass is 10.3. The van der Waals surface area contributed by atoms with Crippen LogP contribution in [0, 0.1) is 10.1 Å². The van der Waals surface area contributed by atoms with Gasteiger partial charge < -0.3 is 4.74 Å². The van der Waals surface area contributed by atoms with Crippen molar-refractivity contribution in [1.82, 2.24) is 0 Å². The van der Waals surface area contributed by atoms with Gasteiger partial charge in [0.25, 0.3) is 5.69 Å². The van der Waals surface area contributed by atoms with Crippen LogP contribution in [-0.2, 0) is 0 Å². The lowest BCUT2D eigenvalue weighted by Crippen LogP contribution is -1.89. The third-order valence-corrected chi connectivity index (χ3v) is 2.55. The van der Waals surface area contributed by atoms with E-state index >= 15 is 0 Å². The van der Waals surface area contributed by atoms with Gasteiger partial charge in [0, 0.05) is 10.5 Å². The number of halogens is 1. The number of nitro groups is 1. The maximum atomic E-state index is 10.6. The van der Waals surface area contributed by atoms with Gasteiger partial charge in [-0.1, -0.05) is 28.1 Å². The third kappa shape index (κ3) is 3.04. The predicted octanol–water partition coefficient (Wildman–Crippen LogP) is 4.15. The molecule has 0 fully saturated rings. The summed E-state index contributed by atoms with van der Waals surface area (Å²) in [6, 6.07) is 13.4. The van der Waals surface area contributed by atoms with Gasteiger partial charge >= 0.3 is 0 Å². The van der Waals surface area contributed by atoms with E-state index in [2.05, 4.69) is 15.9 Å². The van der Waals surface area contributed by atoms with E-state index in [-0.39, 0.29) is 5.69 Å². The van der Waals surface area contributed by atoms with E-state index in [4.69, 9.17) is 4.74 Å². The van der Waals surface area contributed by atoms with Crippen LogP contribution >= 0.6 is 15.9 Å². The molecule has 0 heterocycles. The number of hydrogen-bond acceptors (Lipinski definition) is 3. The molecular formula is C12H8BrNO3. The van der Waals surface area contributed by atoms with Crippen LogP contribution in [0.2, 0.25) is 0 Å². The van der Waals surface area contributed by atoms with Gasteiger partial charge in [0.2, 0.25) is 0 Å². The molecule has 0 aliphatic carbocycles. The Bertz CT molecular complexity index is 557. The van der Waals surface area contributed by atoms with Crippen LogP contribution in [0.1, 0.15) is 0 Å². The molecule has 4 nitrogen and oxygen atoms in total. The molecule has 2 aromatic carbocycles. The van der Waals surface area contributed by atoms with E-state index < -0.39 is 4.92 Å². The molecule has 0 radical (unpaired) electrons. The summed E-state index contributed by atoms with van der Waals surface area (Å²) in [6.45, 7) is 0. The zero-order valence-corrected chi connectivity index (χ0v) is 10.3. The van der Waals surface area contributed by atoms with Crippen LogP contribution in [0.5, 0.6) is 11.5 Å². The molecule has 0 unspecified atom stereocenters. The van der Waals surface area contributed by atoms with E-state index in [0.717, 1.165) is 4.47 Å². The summed E-state index contributed by atoms with van der Waals surface area (Å²) in [5.41, 5.74) is 0.0116. The van der Waals surface area contributed by atoms with Crippen molar-refractivity contribution in [2.45, 2.75) is 0 Å². The average Bonchev–Trinajstić information content (AvgIpc) is 2.29. The highest BCUT2D eigenvalue weighted by Crippen LogP contribution is 2.26. The number of non-ortho nitro benzene ring substituents is 1. The Morgan fingerprint density at radius 3 is 2.35 bits per heavy atom. The highest BCUT2D eigenvalue weighted by Gasteiger charge is 2.06. The van der Waals surface area contributed by atoms with E-state index in [1.54, 1.807) is 24.3 Å². The molecule has 0 aromatic heterocycles. The maximum Gasteiger partial charge on any atom is 0.273 e. The second-order valence-electron chi connectivity index (χ2n) is 3.31. The van der Waals surface area contributed by atoms with Crippen molar-refractivity contribution in [1.29, 1.82) is 0 Å². The van der Waals surface area contributed by atoms with Gasteiger partial charge in [-0.15, -0.1) is 0 Å². The molecule has 0 aliphatic rings. The SMILES string of the molecule is O=[N+]([O-])c1cccc(Oc2cccc(Br)c2)c1. The number of nitrogens with zero attached hydrogens (tertiary/aromatic N) is 1. The zero-order valence-electron chi connectivity index (χ0n) is 8.67. The topological polar surface area (TPSA) is 52.4 Å². The van der Waals surface area contributed by atoms with Gasteiger partial charge in [-0.3, -0.25) is 10.1 Å². The van der Waals surface area contributed by atoms with Crippen LogP contribution < -0.4 is 4.74 Å². The van der Waals surface area contributed by atoms with Crippen LogP contribution in [0.25, 0.3) is 0 Å². The molecule has 0 spiro atoms. The first kappa shape index (κ1) is 11.6. The van der Waals surface area contributed by atoms with E-state index in [1.807, 2.05) is 12.1 Å². The van der Waals surface area contributed by atoms with Crippen molar-refractivity contribution in [3.63, 3.8) is 0 Å². The van der Waals surface area contributed by atoms with Gasteiger partial charge in [-0.2, -0.15) is 0 Å². The molecule has 2 aromatic rings. The minimum absolute atomic E-state index is 0.0116. The smallest absolute Gasteiger partial charge is 0.273 e. The summed E-state index contributed by atoms with van der Waals surface area (Å²) in [7, 11) is 0. The number of benzene rings is 2. The molecular weight excluding hydrogens is 286 g/mol. The fraction of sp³-hybridized carbons (Fsp3) is 0. The molecule has 0 saturated carbocycles. The fourth-order valence-corrected chi connectivity index (χ4v) is 1.71. The Morgan fingerprint density at radius 1 is 1.06 bits per heavy atom. The lowest BCUT2D eigenvalue weighted by Gasteiger charge is -2.05. The van der Waals surface area contributed by atoms with Crippen molar-refractivity contribution in [3.8, 4) is 11.5 Å². The Hall–Kier alpha value is -1.88. The van der Waals surface area contributed by atoms with Crippen molar-refractivity contribution >= 4 is 21.6 Å². The Kier molecular flexibility index (Phi) is 3.39. The van der Waals surface area contributed by atoms with E-state index in [9.17, 15) is 10.1 Å². The quantitative estimate of drug-likeness (QED) is 0.631. The van der Waals surface area contributed by atoms with Gasteiger partial charge in [-0.25, -0.2) is 0 Å². The molecule has 0 atom stereocenters. The van der Waals surface area contributed by atoms with Crippen molar-refractivity contribution in [2.75, 3.05) is 0 Å². The maximum absolute atomic E-state index is 10.6. The van der Waals surface area contributed by atoms with Gasteiger partial charge in [0.1, 0.15) is 11.5 Å². The van der Waals surface area contributed by atoms with Gasteiger partial charge in [0.15, 0.2) is 0 Å². The minimum Gasteiger partial charge on any atom is -0.457 e. The summed E-state index contributed by atoms with van der Waals surface area (Å²) in [5.74, 6) is 1.07. The highest BCUT2D eigenvalue weighted by molar-refractivity contribution is 9.10.